The van der Waals surface area contributed by atoms with Gasteiger partial charge < -0.3 is 6.41 Å². The zero-order valence-electron chi connectivity index (χ0n) is 4.44. The van der Waals surface area contributed by atoms with Crippen molar-refractivity contribution in [3.8, 4) is 0 Å². The number of nitrogens with one attached hydrogen (secondary N) is 1. The summed E-state index contributed by atoms with van der Waals surface area (Å²) < 4.78 is 0. The van der Waals surface area contributed by atoms with E-state index in [2.05, 4.69) is 11.2 Å². The maximum absolute atomic E-state index is 2.74. The standard InChI is InChI=1S/C4H4N.Sr.H/c1-2-4-5-3-1;;/h1-3,5H;;/q-1;+2;-1. The second-order valence-corrected chi connectivity index (χ2v) is 0.814. The molecular formula is C4H5NSr. The van der Waals surface area contributed by atoms with Gasteiger partial charge in [-0.05, 0) is 0 Å². The fourth-order valence-electron chi connectivity index (χ4n) is 0.241. The zero-order valence-corrected chi connectivity index (χ0v) is 6.92. The van der Waals surface area contributed by atoms with Gasteiger partial charge in [0, 0.05) is 0 Å². The Morgan fingerprint density at radius 3 is 2.67 bits per heavy atom. The molecule has 2 heteroatoms. The maximum Gasteiger partial charge on any atom is 2.00 e. The van der Waals surface area contributed by atoms with Crippen LogP contribution in [0.3, 0.4) is 0 Å². The van der Waals surface area contributed by atoms with E-state index in [0.29, 0.717) is 0 Å². The van der Waals surface area contributed by atoms with Crippen LogP contribution in [-0.2, 0) is 0 Å². The second-order valence-electron chi connectivity index (χ2n) is 0.814. The number of aromatic amines is 1. The third-order valence-corrected chi connectivity index (χ3v) is 0.442. The van der Waals surface area contributed by atoms with Gasteiger partial charge in [-0.2, -0.15) is 18.3 Å². The van der Waals surface area contributed by atoms with Crippen LogP contribution in [0, 0.1) is 6.20 Å². The van der Waals surface area contributed by atoms with Crippen molar-refractivity contribution in [1.82, 2.24) is 4.98 Å². The van der Waals surface area contributed by atoms with E-state index in [-0.39, 0.29) is 46.9 Å². The average Bonchev–Trinajstić information content (AvgIpc) is 1.76. The van der Waals surface area contributed by atoms with Gasteiger partial charge >= 0.3 is 45.5 Å². The van der Waals surface area contributed by atoms with Crippen LogP contribution in [0.4, 0.5) is 0 Å². The van der Waals surface area contributed by atoms with Crippen molar-refractivity contribution in [3.63, 3.8) is 0 Å². The van der Waals surface area contributed by atoms with Gasteiger partial charge in [0.05, 0.1) is 0 Å². The Bertz CT molecular complexity index is 68.2. The van der Waals surface area contributed by atoms with Crippen LogP contribution in [0.15, 0.2) is 18.3 Å². The topological polar surface area (TPSA) is 15.8 Å². The third kappa shape index (κ3) is 2.03. The van der Waals surface area contributed by atoms with E-state index in [1.165, 1.54) is 0 Å². The van der Waals surface area contributed by atoms with Crippen LogP contribution in [-0.4, -0.2) is 50.5 Å². The van der Waals surface area contributed by atoms with Crippen molar-refractivity contribution in [2.45, 2.75) is 0 Å². The van der Waals surface area contributed by atoms with Crippen LogP contribution < -0.4 is 0 Å². The first-order valence-electron chi connectivity index (χ1n) is 1.49. The van der Waals surface area contributed by atoms with Gasteiger partial charge in [-0.25, -0.2) is 0 Å². The first-order chi connectivity index (χ1) is 2.50. The summed E-state index contributed by atoms with van der Waals surface area (Å²) in [5.41, 5.74) is 0. The fourth-order valence-corrected chi connectivity index (χ4v) is 0.241. The van der Waals surface area contributed by atoms with E-state index >= 15 is 0 Å². The number of aromatic nitrogens is 1. The van der Waals surface area contributed by atoms with Crippen LogP contribution >= 0.6 is 0 Å². The first-order valence-corrected chi connectivity index (χ1v) is 1.49. The van der Waals surface area contributed by atoms with Crippen LogP contribution in [0.2, 0.25) is 0 Å². The van der Waals surface area contributed by atoms with Gasteiger partial charge in [0.1, 0.15) is 0 Å². The molecule has 0 amide bonds. The summed E-state index contributed by atoms with van der Waals surface area (Å²) in [6.45, 7) is 0. The minimum absolute atomic E-state index is 0. The largest absolute Gasteiger partial charge is 2.00 e. The summed E-state index contributed by atoms with van der Waals surface area (Å²) >= 11 is 0. The summed E-state index contributed by atoms with van der Waals surface area (Å²) in [7, 11) is 0. The van der Waals surface area contributed by atoms with Gasteiger partial charge in [0.2, 0.25) is 0 Å². The van der Waals surface area contributed by atoms with Gasteiger partial charge in [-0.15, -0.1) is 6.20 Å². The van der Waals surface area contributed by atoms with Crippen LogP contribution in [0.1, 0.15) is 1.43 Å². The van der Waals surface area contributed by atoms with Crippen molar-refractivity contribution in [2.24, 2.45) is 0 Å². The van der Waals surface area contributed by atoms with Gasteiger partial charge in [-0.1, -0.05) is 0 Å². The quantitative estimate of drug-likeness (QED) is 0.415. The predicted molar refractivity (Wildman–Crippen MR) is 26.5 cm³/mol. The molecule has 6 heavy (non-hydrogen) atoms. The minimum Gasteiger partial charge on any atom is -1.00 e. The Balaban J connectivity index is 0. The molecule has 0 spiro atoms. The van der Waals surface area contributed by atoms with Crippen molar-refractivity contribution < 1.29 is 1.43 Å². The monoisotopic (exact) mass is 155 g/mol. The molecule has 1 rings (SSSR count). The normalized spacial score (nSPS) is 6.67. The molecule has 0 aromatic carbocycles. The number of rotatable bonds is 0. The van der Waals surface area contributed by atoms with Crippen molar-refractivity contribution in [2.75, 3.05) is 0 Å². The maximum atomic E-state index is 2.74. The van der Waals surface area contributed by atoms with Crippen molar-refractivity contribution >= 4 is 45.5 Å². The van der Waals surface area contributed by atoms with Gasteiger partial charge in [-0.3, -0.25) is 0 Å². The Morgan fingerprint density at radius 2 is 2.50 bits per heavy atom. The molecule has 0 unspecified atom stereocenters. The van der Waals surface area contributed by atoms with E-state index in [9.17, 15) is 0 Å². The number of hydrogen-bond acceptors (Lipinski definition) is 0. The fraction of sp³-hybridized carbons (Fsp3) is 0. The Labute approximate surface area is 75.5 Å². The molecule has 1 heterocycles. The summed E-state index contributed by atoms with van der Waals surface area (Å²) in [5, 5.41) is 0. The molecule has 0 aliphatic carbocycles. The average molecular weight is 155 g/mol. The summed E-state index contributed by atoms with van der Waals surface area (Å²) in [6, 6.07) is 3.71. The Morgan fingerprint density at radius 1 is 1.67 bits per heavy atom. The van der Waals surface area contributed by atoms with E-state index in [1.807, 2.05) is 18.3 Å². The molecule has 1 N–H and O–H groups in total. The second kappa shape index (κ2) is 3.93. The molecule has 0 aliphatic rings. The summed E-state index contributed by atoms with van der Waals surface area (Å²) in [4.78, 5) is 2.74. The van der Waals surface area contributed by atoms with Crippen LogP contribution in [0.5, 0.6) is 0 Å². The molecule has 0 saturated heterocycles. The molecule has 0 atom stereocenters. The third-order valence-electron chi connectivity index (χ3n) is 0.442. The zero-order chi connectivity index (χ0) is 3.54. The van der Waals surface area contributed by atoms with E-state index in [1.54, 1.807) is 0 Å². The van der Waals surface area contributed by atoms with E-state index < -0.39 is 0 Å². The molecule has 0 saturated carbocycles. The Kier molecular flexibility index (Phi) is 4.43. The molecule has 0 fully saturated rings. The van der Waals surface area contributed by atoms with Crippen molar-refractivity contribution in [3.05, 3.63) is 24.5 Å². The Hall–Kier alpha value is 0.761. The van der Waals surface area contributed by atoms with Crippen LogP contribution in [0.25, 0.3) is 0 Å². The van der Waals surface area contributed by atoms with E-state index in [0.717, 1.165) is 0 Å². The molecule has 1 nitrogen and oxygen atoms in total. The molecular weight excluding hydrogens is 150 g/mol. The van der Waals surface area contributed by atoms with Crippen molar-refractivity contribution in [1.29, 1.82) is 0 Å². The SMILES string of the molecule is [H-].[Sr+2].[c-]1ccc[nH]1. The smallest absolute Gasteiger partial charge is 1.00 e. The summed E-state index contributed by atoms with van der Waals surface area (Å²) in [5.74, 6) is 0. The predicted octanol–water partition coefficient (Wildman–Crippen LogP) is 0.547. The number of H-pyrrole nitrogens is 1. The number of hydrogen-bond donors (Lipinski definition) is 1. The molecule has 28 valence electrons. The minimum atomic E-state index is 0. The molecule has 0 radical (unpaired) electrons. The molecule has 0 aliphatic heterocycles. The molecule has 1 aromatic heterocycles. The van der Waals surface area contributed by atoms with E-state index in [4.69, 9.17) is 0 Å². The van der Waals surface area contributed by atoms with Gasteiger partial charge in [0.15, 0.2) is 0 Å². The molecule has 0 bridgehead atoms. The first kappa shape index (κ1) is 6.76. The molecule has 1 aromatic rings. The van der Waals surface area contributed by atoms with Gasteiger partial charge in [0.25, 0.3) is 0 Å². The summed E-state index contributed by atoms with van der Waals surface area (Å²) in [6.07, 6.45) is 4.56.